The zero-order chi connectivity index (χ0) is 7.97. The molecule has 2 nitrogen and oxygen atoms in total. The molecular formula is C8H6O2S2. The maximum Gasteiger partial charge on any atom is 0.138 e. The van der Waals surface area contributed by atoms with Crippen molar-refractivity contribution in [2.24, 2.45) is 0 Å². The molecule has 1 aromatic carbocycles. The summed E-state index contributed by atoms with van der Waals surface area (Å²) in [6.45, 7) is 0. The van der Waals surface area contributed by atoms with Crippen LogP contribution in [-0.4, -0.2) is 11.9 Å². The van der Waals surface area contributed by atoms with Crippen LogP contribution in [0.1, 0.15) is 0 Å². The van der Waals surface area contributed by atoms with E-state index >= 15 is 0 Å². The largest absolute Gasteiger partial charge is 0.481 e. The van der Waals surface area contributed by atoms with Crippen LogP contribution < -0.4 is 9.47 Å². The van der Waals surface area contributed by atoms with Gasteiger partial charge in [-0.05, 0) is 12.1 Å². The van der Waals surface area contributed by atoms with Gasteiger partial charge in [-0.1, -0.05) is 23.5 Å². The van der Waals surface area contributed by atoms with Crippen molar-refractivity contribution in [1.82, 2.24) is 0 Å². The van der Waals surface area contributed by atoms with Crippen LogP contribution in [0.15, 0.2) is 21.9 Å². The summed E-state index contributed by atoms with van der Waals surface area (Å²) in [6.07, 6.45) is 0. The first-order valence-electron chi connectivity index (χ1n) is 3.63. The Morgan fingerprint density at radius 3 is 1.92 bits per heavy atom. The van der Waals surface area contributed by atoms with Crippen molar-refractivity contribution < 1.29 is 9.47 Å². The number of thioether (sulfide) groups is 2. The number of rotatable bonds is 0. The Balaban J connectivity index is 2.18. The van der Waals surface area contributed by atoms with E-state index in [1.165, 1.54) is 9.79 Å². The third-order valence-corrected chi connectivity index (χ3v) is 3.60. The fourth-order valence-electron chi connectivity index (χ4n) is 1.29. The average Bonchev–Trinajstić information content (AvgIpc) is 2.64. The van der Waals surface area contributed by atoms with E-state index in [-0.39, 0.29) is 0 Å². The first kappa shape index (κ1) is 6.97. The molecule has 0 spiro atoms. The minimum atomic E-state index is 0.739. The summed E-state index contributed by atoms with van der Waals surface area (Å²) >= 11 is 3.44. The van der Waals surface area contributed by atoms with Gasteiger partial charge in [0, 0.05) is 0 Å². The normalized spacial score (nSPS) is 18.0. The third kappa shape index (κ3) is 0.912. The van der Waals surface area contributed by atoms with Crippen LogP contribution in [0.25, 0.3) is 0 Å². The number of ether oxygens (including phenoxy) is 2. The Morgan fingerprint density at radius 2 is 1.42 bits per heavy atom. The van der Waals surface area contributed by atoms with Crippen molar-refractivity contribution in [2.75, 3.05) is 11.9 Å². The minimum absolute atomic E-state index is 0.739. The molecule has 3 rings (SSSR count). The van der Waals surface area contributed by atoms with E-state index in [0.717, 1.165) is 23.4 Å². The van der Waals surface area contributed by atoms with E-state index in [1.807, 2.05) is 0 Å². The maximum absolute atomic E-state index is 5.42. The number of hydrogen-bond acceptors (Lipinski definition) is 4. The van der Waals surface area contributed by atoms with Gasteiger partial charge in [0.2, 0.25) is 0 Å². The second kappa shape index (κ2) is 2.50. The van der Waals surface area contributed by atoms with E-state index in [9.17, 15) is 0 Å². The SMILES string of the molecule is c1c2c(cc3c1SCO3)SCO2. The second-order valence-electron chi connectivity index (χ2n) is 2.56. The molecule has 0 unspecified atom stereocenters. The van der Waals surface area contributed by atoms with Crippen LogP contribution >= 0.6 is 23.5 Å². The molecule has 62 valence electrons. The first-order chi connectivity index (χ1) is 5.93. The molecule has 0 aliphatic carbocycles. The highest BCUT2D eigenvalue weighted by atomic mass is 32.2. The molecule has 12 heavy (non-hydrogen) atoms. The van der Waals surface area contributed by atoms with Crippen molar-refractivity contribution in [2.45, 2.75) is 9.79 Å². The molecular weight excluding hydrogens is 192 g/mol. The maximum atomic E-state index is 5.42. The molecule has 0 fully saturated rings. The summed E-state index contributed by atoms with van der Waals surface area (Å²) in [7, 11) is 0. The van der Waals surface area contributed by atoms with Crippen LogP contribution in [0, 0.1) is 0 Å². The zero-order valence-electron chi connectivity index (χ0n) is 6.20. The van der Waals surface area contributed by atoms with Gasteiger partial charge in [0.15, 0.2) is 0 Å². The summed E-state index contributed by atoms with van der Waals surface area (Å²) in [6, 6.07) is 4.14. The van der Waals surface area contributed by atoms with Gasteiger partial charge in [0.05, 0.1) is 9.79 Å². The predicted molar refractivity (Wildman–Crippen MR) is 49.1 cm³/mol. The van der Waals surface area contributed by atoms with Crippen LogP contribution in [-0.2, 0) is 0 Å². The monoisotopic (exact) mass is 198 g/mol. The molecule has 0 radical (unpaired) electrons. The molecule has 0 N–H and O–H groups in total. The topological polar surface area (TPSA) is 18.5 Å². The lowest BCUT2D eigenvalue weighted by Crippen LogP contribution is -1.83. The molecule has 1 aromatic rings. The Labute approximate surface area is 78.6 Å². The Bertz CT molecular complexity index is 278. The summed E-state index contributed by atoms with van der Waals surface area (Å²) in [4.78, 5) is 2.41. The number of fused-ring (bicyclic) bond motifs is 2. The molecule has 0 bridgehead atoms. The van der Waals surface area contributed by atoms with Crippen molar-refractivity contribution >= 4 is 23.5 Å². The highest BCUT2D eigenvalue weighted by Crippen LogP contribution is 2.46. The summed E-state index contributed by atoms with van der Waals surface area (Å²) in [5.41, 5.74) is 0. The molecule has 4 heteroatoms. The fraction of sp³-hybridized carbons (Fsp3) is 0.250. The molecule has 2 aliphatic heterocycles. The van der Waals surface area contributed by atoms with Gasteiger partial charge in [-0.15, -0.1) is 0 Å². The number of benzene rings is 1. The van der Waals surface area contributed by atoms with Crippen molar-refractivity contribution in [1.29, 1.82) is 0 Å². The molecule has 2 aliphatic rings. The van der Waals surface area contributed by atoms with E-state index < -0.39 is 0 Å². The lowest BCUT2D eigenvalue weighted by Gasteiger charge is -2.00. The standard InChI is InChI=1S/C8H6O2S2/c1-5-8(12-3-9-5)2-6-7(1)11-4-10-6/h1-2H,3-4H2. The molecule has 0 saturated carbocycles. The summed E-state index contributed by atoms with van der Waals surface area (Å²) < 4.78 is 10.8. The molecule has 0 saturated heterocycles. The molecule has 0 atom stereocenters. The van der Waals surface area contributed by atoms with Gasteiger partial charge in [-0.3, -0.25) is 0 Å². The van der Waals surface area contributed by atoms with Crippen molar-refractivity contribution in [3.8, 4) is 11.5 Å². The Hall–Kier alpha value is -0.480. The van der Waals surface area contributed by atoms with Gasteiger partial charge >= 0.3 is 0 Å². The van der Waals surface area contributed by atoms with E-state index in [4.69, 9.17) is 9.47 Å². The Kier molecular flexibility index (Phi) is 1.45. The molecule has 2 heterocycles. The average molecular weight is 198 g/mol. The lowest BCUT2D eigenvalue weighted by molar-refractivity contribution is 0.384. The second-order valence-corrected chi connectivity index (χ2v) is 4.49. The summed E-state index contributed by atoms with van der Waals surface area (Å²) in [5, 5.41) is 0. The van der Waals surface area contributed by atoms with Crippen LogP contribution in [0.3, 0.4) is 0 Å². The van der Waals surface area contributed by atoms with E-state index in [2.05, 4.69) is 12.1 Å². The highest BCUT2D eigenvalue weighted by molar-refractivity contribution is 8.00. The van der Waals surface area contributed by atoms with E-state index in [0.29, 0.717) is 0 Å². The minimum Gasteiger partial charge on any atom is -0.481 e. The Morgan fingerprint density at radius 1 is 0.917 bits per heavy atom. The van der Waals surface area contributed by atoms with E-state index in [1.54, 1.807) is 23.5 Å². The smallest absolute Gasteiger partial charge is 0.138 e. The predicted octanol–water partition coefficient (Wildman–Crippen LogP) is 2.57. The van der Waals surface area contributed by atoms with Gasteiger partial charge in [-0.2, -0.15) is 0 Å². The van der Waals surface area contributed by atoms with Crippen LogP contribution in [0.4, 0.5) is 0 Å². The van der Waals surface area contributed by atoms with Crippen LogP contribution in [0.2, 0.25) is 0 Å². The van der Waals surface area contributed by atoms with Gasteiger partial charge in [0.25, 0.3) is 0 Å². The van der Waals surface area contributed by atoms with Crippen molar-refractivity contribution in [3.05, 3.63) is 12.1 Å². The summed E-state index contributed by atoms with van der Waals surface area (Å²) in [5.74, 6) is 3.50. The van der Waals surface area contributed by atoms with Gasteiger partial charge in [0.1, 0.15) is 23.4 Å². The third-order valence-electron chi connectivity index (χ3n) is 1.87. The van der Waals surface area contributed by atoms with Gasteiger partial charge in [-0.25, -0.2) is 0 Å². The fourth-order valence-corrected chi connectivity index (χ4v) is 2.81. The number of hydrogen-bond donors (Lipinski definition) is 0. The first-order valence-corrected chi connectivity index (χ1v) is 5.60. The zero-order valence-corrected chi connectivity index (χ0v) is 7.83. The van der Waals surface area contributed by atoms with Gasteiger partial charge < -0.3 is 9.47 Å². The van der Waals surface area contributed by atoms with Crippen molar-refractivity contribution in [3.63, 3.8) is 0 Å². The molecule has 0 aromatic heterocycles. The highest BCUT2D eigenvalue weighted by Gasteiger charge is 2.20. The molecule has 0 amide bonds. The van der Waals surface area contributed by atoms with Crippen LogP contribution in [0.5, 0.6) is 11.5 Å². The lowest BCUT2D eigenvalue weighted by atomic mass is 10.3. The quantitative estimate of drug-likeness (QED) is 0.637.